The van der Waals surface area contributed by atoms with E-state index in [1.807, 2.05) is 36.4 Å². The first-order chi connectivity index (χ1) is 26.2. The molecule has 0 N–H and O–H groups in total. The molecule has 2 aromatic heterocycles. The van der Waals surface area contributed by atoms with Crippen LogP contribution in [-0.4, -0.2) is 9.97 Å². The van der Waals surface area contributed by atoms with Crippen molar-refractivity contribution >= 4 is 32.7 Å². The van der Waals surface area contributed by atoms with Crippen LogP contribution in [0.2, 0.25) is 0 Å². The highest BCUT2D eigenvalue weighted by atomic mass is 16.3. The van der Waals surface area contributed by atoms with Crippen molar-refractivity contribution in [1.29, 1.82) is 0 Å². The maximum Gasteiger partial charge on any atom is 0.160 e. The minimum absolute atomic E-state index is 0.716. The minimum Gasteiger partial charge on any atom is -0.455 e. The molecule has 8 aromatic carbocycles. The smallest absolute Gasteiger partial charge is 0.160 e. The van der Waals surface area contributed by atoms with Gasteiger partial charge in [-0.25, -0.2) is 9.97 Å². The van der Waals surface area contributed by atoms with Crippen LogP contribution in [0, 0.1) is 0 Å². The molecule has 10 aromatic rings. The van der Waals surface area contributed by atoms with Gasteiger partial charge in [0.05, 0.1) is 11.4 Å². The summed E-state index contributed by atoms with van der Waals surface area (Å²) >= 11 is 0. The Morgan fingerprint density at radius 2 is 0.774 bits per heavy atom. The first-order valence-electron chi connectivity index (χ1n) is 17.9. The lowest BCUT2D eigenvalue weighted by molar-refractivity contribution is 0.673. The molecule has 0 saturated heterocycles. The largest absolute Gasteiger partial charge is 0.455 e. The lowest BCUT2D eigenvalue weighted by Crippen LogP contribution is -1.95. The van der Waals surface area contributed by atoms with Crippen LogP contribution in [0.4, 0.5) is 0 Å². The molecular weight excluding hydrogens is 645 g/mol. The van der Waals surface area contributed by atoms with Crippen molar-refractivity contribution in [2.45, 2.75) is 0 Å². The molecule has 0 aliphatic carbocycles. The Labute approximate surface area is 307 Å². The molecule has 248 valence electrons. The lowest BCUT2D eigenvalue weighted by Gasteiger charge is -2.10. The zero-order valence-corrected chi connectivity index (χ0v) is 28.8. The van der Waals surface area contributed by atoms with E-state index in [-0.39, 0.29) is 0 Å². The van der Waals surface area contributed by atoms with Crippen LogP contribution >= 0.6 is 0 Å². The molecule has 0 radical (unpaired) electrons. The van der Waals surface area contributed by atoms with E-state index < -0.39 is 0 Å². The number of fused-ring (bicyclic) bond motifs is 5. The highest BCUT2D eigenvalue weighted by Gasteiger charge is 2.16. The molecule has 0 aliphatic rings. The van der Waals surface area contributed by atoms with Crippen molar-refractivity contribution in [3.8, 4) is 67.3 Å². The zero-order chi connectivity index (χ0) is 35.1. The monoisotopic (exact) mass is 676 g/mol. The summed E-state index contributed by atoms with van der Waals surface area (Å²) in [4.78, 5) is 9.94. The van der Waals surface area contributed by atoms with Crippen molar-refractivity contribution in [2.24, 2.45) is 0 Å². The van der Waals surface area contributed by atoms with Crippen LogP contribution < -0.4 is 0 Å². The number of furan rings is 1. The number of rotatable bonds is 6. The van der Waals surface area contributed by atoms with Crippen LogP contribution in [0.3, 0.4) is 0 Å². The van der Waals surface area contributed by atoms with E-state index in [0.29, 0.717) is 5.82 Å². The number of hydrogen-bond donors (Lipinski definition) is 0. The fourth-order valence-electron chi connectivity index (χ4n) is 7.39. The second-order valence-electron chi connectivity index (χ2n) is 13.4. The molecule has 53 heavy (non-hydrogen) atoms. The van der Waals surface area contributed by atoms with Crippen LogP contribution in [0.15, 0.2) is 199 Å². The Balaban J connectivity index is 0.978. The third-order valence-corrected chi connectivity index (χ3v) is 10.1. The van der Waals surface area contributed by atoms with Crippen molar-refractivity contribution in [3.63, 3.8) is 0 Å². The van der Waals surface area contributed by atoms with Crippen molar-refractivity contribution in [3.05, 3.63) is 194 Å². The van der Waals surface area contributed by atoms with Crippen LogP contribution in [0.1, 0.15) is 0 Å². The van der Waals surface area contributed by atoms with Gasteiger partial charge in [-0.1, -0.05) is 170 Å². The summed E-state index contributed by atoms with van der Waals surface area (Å²) in [7, 11) is 0. The van der Waals surface area contributed by atoms with Gasteiger partial charge in [0.1, 0.15) is 11.2 Å². The van der Waals surface area contributed by atoms with E-state index >= 15 is 0 Å². The first kappa shape index (κ1) is 30.7. The van der Waals surface area contributed by atoms with E-state index in [2.05, 4.69) is 158 Å². The first-order valence-corrected chi connectivity index (χ1v) is 17.9. The number of aromatic nitrogens is 2. The molecule has 0 spiro atoms. The molecule has 0 unspecified atom stereocenters. The zero-order valence-electron chi connectivity index (χ0n) is 28.8. The fourth-order valence-corrected chi connectivity index (χ4v) is 7.39. The molecule has 0 atom stereocenters. The Hall–Kier alpha value is -7.10. The molecule has 0 aliphatic heterocycles. The maximum absolute atomic E-state index is 6.52. The summed E-state index contributed by atoms with van der Waals surface area (Å²) in [6.45, 7) is 0. The topological polar surface area (TPSA) is 38.9 Å². The maximum atomic E-state index is 6.52. The molecule has 0 bridgehead atoms. The van der Waals surface area contributed by atoms with E-state index in [9.17, 15) is 0 Å². The summed E-state index contributed by atoms with van der Waals surface area (Å²) in [6.07, 6.45) is 0. The summed E-state index contributed by atoms with van der Waals surface area (Å²) < 4.78 is 6.52. The quantitative estimate of drug-likeness (QED) is 0.176. The Kier molecular flexibility index (Phi) is 7.47. The van der Waals surface area contributed by atoms with E-state index in [0.717, 1.165) is 77.7 Å². The van der Waals surface area contributed by atoms with Crippen molar-refractivity contribution in [1.82, 2.24) is 9.97 Å². The highest BCUT2D eigenvalue weighted by molar-refractivity contribution is 6.19. The summed E-state index contributed by atoms with van der Waals surface area (Å²) in [5.41, 5.74) is 13.8. The lowest BCUT2D eigenvalue weighted by atomic mass is 9.94. The van der Waals surface area contributed by atoms with Gasteiger partial charge in [0.2, 0.25) is 0 Å². The summed E-state index contributed by atoms with van der Waals surface area (Å²) in [6, 6.07) is 68.0. The third kappa shape index (κ3) is 5.65. The molecule has 0 saturated carbocycles. The van der Waals surface area contributed by atoms with E-state index in [4.69, 9.17) is 14.4 Å². The van der Waals surface area contributed by atoms with Gasteiger partial charge >= 0.3 is 0 Å². The van der Waals surface area contributed by atoms with Gasteiger partial charge in [-0.15, -0.1) is 0 Å². The average Bonchev–Trinajstić information content (AvgIpc) is 3.62. The Morgan fingerprint density at radius 3 is 1.40 bits per heavy atom. The summed E-state index contributed by atoms with van der Waals surface area (Å²) in [5.74, 6) is 0.716. The number of benzene rings is 8. The van der Waals surface area contributed by atoms with Crippen molar-refractivity contribution < 1.29 is 4.42 Å². The van der Waals surface area contributed by atoms with Gasteiger partial charge in [-0.05, 0) is 63.0 Å². The van der Waals surface area contributed by atoms with Crippen LogP contribution in [-0.2, 0) is 0 Å². The molecule has 10 rings (SSSR count). The van der Waals surface area contributed by atoms with E-state index in [1.165, 1.54) is 16.5 Å². The van der Waals surface area contributed by atoms with Gasteiger partial charge in [-0.3, -0.25) is 0 Å². The highest BCUT2D eigenvalue weighted by Crippen LogP contribution is 2.41. The molecule has 0 amide bonds. The fraction of sp³-hybridized carbons (Fsp3) is 0. The minimum atomic E-state index is 0.716. The summed E-state index contributed by atoms with van der Waals surface area (Å²) in [5, 5.41) is 4.58. The van der Waals surface area contributed by atoms with Crippen LogP contribution in [0.5, 0.6) is 0 Å². The van der Waals surface area contributed by atoms with Gasteiger partial charge in [0, 0.05) is 32.8 Å². The van der Waals surface area contributed by atoms with Gasteiger partial charge in [0.25, 0.3) is 0 Å². The molecule has 3 heteroatoms. The molecule has 0 fully saturated rings. The van der Waals surface area contributed by atoms with E-state index in [1.54, 1.807) is 0 Å². The van der Waals surface area contributed by atoms with Crippen molar-refractivity contribution in [2.75, 3.05) is 0 Å². The Morgan fingerprint density at radius 1 is 0.302 bits per heavy atom. The SMILES string of the molecule is c1ccc(-c2cc(-c3ccc(-c4ccc(-c5ccc6oc7c8ccccc8c(-c8ccccc8)cc7c6c5)cc4)cc3)nc(-c3ccccc3)n2)cc1. The van der Waals surface area contributed by atoms with Gasteiger partial charge in [0.15, 0.2) is 5.82 Å². The van der Waals surface area contributed by atoms with Crippen LogP contribution in [0.25, 0.3) is 100.0 Å². The predicted molar refractivity (Wildman–Crippen MR) is 219 cm³/mol. The Bertz CT molecular complexity index is 2840. The number of nitrogens with zero attached hydrogens (tertiary/aromatic N) is 2. The van der Waals surface area contributed by atoms with Gasteiger partial charge in [-0.2, -0.15) is 0 Å². The molecular formula is C50H32N2O. The standard InChI is InChI=1S/C50H32N2O/c1-4-12-36(13-5-1)43-31-45-44-30-40(28-29-48(44)53-49(45)42-19-11-10-18-41(42)43)35-22-20-33(21-23-35)34-24-26-38(27-25-34)47-32-46(37-14-6-2-7-15-37)51-50(52-47)39-16-8-3-9-17-39/h1-32H. The average molecular weight is 677 g/mol. The molecule has 2 heterocycles. The van der Waals surface area contributed by atoms with Gasteiger partial charge < -0.3 is 4.42 Å². The number of hydrogen-bond acceptors (Lipinski definition) is 3. The predicted octanol–water partition coefficient (Wildman–Crippen LogP) is 13.5. The third-order valence-electron chi connectivity index (χ3n) is 10.1. The second-order valence-corrected chi connectivity index (χ2v) is 13.4. The molecule has 3 nitrogen and oxygen atoms in total. The normalized spacial score (nSPS) is 11.4. The second kappa shape index (κ2) is 12.9.